The second-order valence-electron chi connectivity index (χ2n) is 4.06. The molecule has 0 bridgehead atoms. The Morgan fingerprint density at radius 3 is 2.85 bits per heavy atom. The lowest BCUT2D eigenvalue weighted by molar-refractivity contribution is 0.0531. The highest BCUT2D eigenvalue weighted by molar-refractivity contribution is 7.17. The Balaban J connectivity index is 0.00000200. The van der Waals surface area contributed by atoms with Crippen LogP contribution in [0.2, 0.25) is 0 Å². The molecule has 4 nitrogen and oxygen atoms in total. The summed E-state index contributed by atoms with van der Waals surface area (Å²) in [6.07, 6.45) is 0. The lowest BCUT2D eigenvalue weighted by Crippen LogP contribution is -2.03. The van der Waals surface area contributed by atoms with Crippen LogP contribution in [-0.4, -0.2) is 17.6 Å². The van der Waals surface area contributed by atoms with Gasteiger partial charge < -0.3 is 10.5 Å². The Morgan fingerprint density at radius 2 is 2.20 bits per heavy atom. The zero-order chi connectivity index (χ0) is 13.8. The number of nitrogens with zero attached hydrogens (tertiary/aromatic N) is 1. The highest BCUT2D eigenvalue weighted by Crippen LogP contribution is 2.28. The van der Waals surface area contributed by atoms with E-state index in [0.29, 0.717) is 23.7 Å². The monoisotopic (exact) mass is 312 g/mol. The topological polar surface area (TPSA) is 65.2 Å². The van der Waals surface area contributed by atoms with Crippen LogP contribution < -0.4 is 5.73 Å². The smallest absolute Gasteiger partial charge is 0.350 e. The molecule has 0 radical (unpaired) electrons. The van der Waals surface area contributed by atoms with E-state index in [1.54, 1.807) is 6.92 Å². The molecule has 1 aromatic carbocycles. The molecule has 108 valence electrons. The molecule has 0 amide bonds. The fourth-order valence-corrected chi connectivity index (χ4v) is 2.69. The van der Waals surface area contributed by atoms with Crippen LogP contribution in [0.1, 0.15) is 27.9 Å². The first-order chi connectivity index (χ1) is 9.15. The summed E-state index contributed by atoms with van der Waals surface area (Å²) in [7, 11) is 0. The Morgan fingerprint density at radius 1 is 1.45 bits per heavy atom. The summed E-state index contributed by atoms with van der Waals surface area (Å²) in [6, 6.07) is 7.87. The molecular weight excluding hydrogens is 296 g/mol. The summed E-state index contributed by atoms with van der Waals surface area (Å²) >= 11 is 1.35. The number of nitrogens with two attached hydrogens (primary N) is 1. The maximum Gasteiger partial charge on any atom is 0.350 e. The van der Waals surface area contributed by atoms with Crippen LogP contribution in [0.5, 0.6) is 0 Å². The number of ether oxygens (including phenoxy) is 1. The van der Waals surface area contributed by atoms with Crippen molar-refractivity contribution in [2.45, 2.75) is 20.4 Å². The molecule has 0 saturated carbocycles. The van der Waals surface area contributed by atoms with E-state index in [1.807, 2.05) is 31.2 Å². The van der Waals surface area contributed by atoms with Crippen molar-refractivity contribution in [1.82, 2.24) is 4.98 Å². The summed E-state index contributed by atoms with van der Waals surface area (Å²) in [5.41, 5.74) is 8.36. The van der Waals surface area contributed by atoms with Gasteiger partial charge in [0.05, 0.1) is 12.3 Å². The van der Waals surface area contributed by atoms with E-state index in [0.717, 1.165) is 16.1 Å². The quantitative estimate of drug-likeness (QED) is 0.881. The van der Waals surface area contributed by atoms with Gasteiger partial charge in [0.2, 0.25) is 0 Å². The molecule has 2 rings (SSSR count). The first-order valence-electron chi connectivity index (χ1n) is 6.09. The van der Waals surface area contributed by atoms with E-state index in [1.165, 1.54) is 11.3 Å². The van der Waals surface area contributed by atoms with Crippen molar-refractivity contribution in [2.75, 3.05) is 6.61 Å². The number of esters is 1. The Bertz CT molecular complexity index is 599. The summed E-state index contributed by atoms with van der Waals surface area (Å²) < 4.78 is 5.01. The van der Waals surface area contributed by atoms with Crippen molar-refractivity contribution in [3.8, 4) is 10.6 Å². The average molecular weight is 313 g/mol. The second-order valence-corrected chi connectivity index (χ2v) is 5.06. The molecule has 0 aliphatic heterocycles. The summed E-state index contributed by atoms with van der Waals surface area (Å²) in [6.45, 7) is 4.47. The van der Waals surface area contributed by atoms with Crippen molar-refractivity contribution in [3.63, 3.8) is 0 Å². The zero-order valence-corrected chi connectivity index (χ0v) is 13.0. The van der Waals surface area contributed by atoms with Gasteiger partial charge in [0.1, 0.15) is 9.88 Å². The molecule has 0 aliphatic carbocycles. The first kappa shape index (κ1) is 16.6. The van der Waals surface area contributed by atoms with Crippen molar-refractivity contribution in [1.29, 1.82) is 0 Å². The number of hydrogen-bond acceptors (Lipinski definition) is 5. The average Bonchev–Trinajstić information content (AvgIpc) is 2.81. The lowest BCUT2D eigenvalue weighted by Gasteiger charge is -1.99. The van der Waals surface area contributed by atoms with Gasteiger partial charge in [-0.2, -0.15) is 0 Å². The number of benzene rings is 1. The van der Waals surface area contributed by atoms with E-state index >= 15 is 0 Å². The molecular formula is C14H17ClN2O2S. The predicted octanol–water partition coefficient (Wildman–Crippen LogP) is 3.18. The fraction of sp³-hybridized carbons (Fsp3) is 0.286. The number of aromatic nitrogens is 1. The van der Waals surface area contributed by atoms with Gasteiger partial charge in [-0.05, 0) is 25.5 Å². The number of halogens is 1. The van der Waals surface area contributed by atoms with Crippen LogP contribution >= 0.6 is 23.7 Å². The largest absolute Gasteiger partial charge is 0.462 e. The SMILES string of the molecule is CCOC(=O)c1sc(-c2cccc(CN)c2)nc1C.Cl. The van der Waals surface area contributed by atoms with Crippen LogP contribution in [0, 0.1) is 6.92 Å². The van der Waals surface area contributed by atoms with Crippen molar-refractivity contribution in [2.24, 2.45) is 5.73 Å². The van der Waals surface area contributed by atoms with Gasteiger partial charge in [-0.3, -0.25) is 0 Å². The number of thiazole rings is 1. The van der Waals surface area contributed by atoms with Crippen LogP contribution in [0.3, 0.4) is 0 Å². The van der Waals surface area contributed by atoms with Gasteiger partial charge in [0, 0.05) is 12.1 Å². The minimum absolute atomic E-state index is 0. The van der Waals surface area contributed by atoms with E-state index in [2.05, 4.69) is 4.98 Å². The third-order valence-corrected chi connectivity index (χ3v) is 3.85. The van der Waals surface area contributed by atoms with Crippen molar-refractivity contribution < 1.29 is 9.53 Å². The number of carbonyl (C=O) groups excluding carboxylic acids is 1. The summed E-state index contributed by atoms with van der Waals surface area (Å²) in [4.78, 5) is 16.8. The van der Waals surface area contributed by atoms with Crippen LogP contribution in [-0.2, 0) is 11.3 Å². The molecule has 6 heteroatoms. The maximum absolute atomic E-state index is 11.8. The maximum atomic E-state index is 11.8. The van der Waals surface area contributed by atoms with Gasteiger partial charge in [0.25, 0.3) is 0 Å². The first-order valence-corrected chi connectivity index (χ1v) is 6.91. The Labute approximate surface area is 128 Å². The molecule has 0 spiro atoms. The van der Waals surface area contributed by atoms with Gasteiger partial charge in [-0.15, -0.1) is 23.7 Å². The standard InChI is InChI=1S/C14H16N2O2S.ClH/c1-3-18-14(17)12-9(2)16-13(19-12)11-6-4-5-10(7-11)8-15;/h4-7H,3,8,15H2,1-2H3;1H. The molecule has 2 aromatic rings. The molecule has 0 aliphatic rings. The van der Waals surface area contributed by atoms with E-state index in [-0.39, 0.29) is 18.4 Å². The molecule has 2 N–H and O–H groups in total. The van der Waals surface area contributed by atoms with Gasteiger partial charge in [-0.1, -0.05) is 18.2 Å². The normalized spacial score (nSPS) is 9.95. The van der Waals surface area contributed by atoms with Crippen molar-refractivity contribution in [3.05, 3.63) is 40.4 Å². The number of aryl methyl sites for hydroxylation is 1. The number of hydrogen-bond donors (Lipinski definition) is 1. The number of carbonyl (C=O) groups is 1. The van der Waals surface area contributed by atoms with E-state index in [9.17, 15) is 4.79 Å². The third-order valence-electron chi connectivity index (χ3n) is 2.67. The minimum Gasteiger partial charge on any atom is -0.462 e. The number of rotatable bonds is 4. The predicted molar refractivity (Wildman–Crippen MR) is 83.4 cm³/mol. The Hall–Kier alpha value is -1.43. The highest BCUT2D eigenvalue weighted by Gasteiger charge is 2.17. The molecule has 20 heavy (non-hydrogen) atoms. The van der Waals surface area contributed by atoms with Crippen LogP contribution in [0.4, 0.5) is 0 Å². The summed E-state index contributed by atoms with van der Waals surface area (Å²) in [5.74, 6) is -0.307. The van der Waals surface area contributed by atoms with Gasteiger partial charge in [0.15, 0.2) is 0 Å². The fourth-order valence-electron chi connectivity index (χ4n) is 1.74. The molecule has 1 aromatic heterocycles. The molecule has 0 atom stereocenters. The molecule has 1 heterocycles. The minimum atomic E-state index is -0.307. The van der Waals surface area contributed by atoms with Gasteiger partial charge >= 0.3 is 5.97 Å². The molecule has 0 saturated heterocycles. The Kier molecular flexibility index (Phi) is 6.13. The van der Waals surface area contributed by atoms with Crippen LogP contribution in [0.25, 0.3) is 10.6 Å². The van der Waals surface area contributed by atoms with Crippen molar-refractivity contribution >= 4 is 29.7 Å². The van der Waals surface area contributed by atoms with Crippen LogP contribution in [0.15, 0.2) is 24.3 Å². The molecule has 0 fully saturated rings. The van der Waals surface area contributed by atoms with E-state index < -0.39 is 0 Å². The zero-order valence-electron chi connectivity index (χ0n) is 11.4. The third kappa shape index (κ3) is 3.56. The highest BCUT2D eigenvalue weighted by atomic mass is 35.5. The summed E-state index contributed by atoms with van der Waals surface area (Å²) in [5, 5.41) is 0.816. The van der Waals surface area contributed by atoms with E-state index in [4.69, 9.17) is 10.5 Å². The second kappa shape index (κ2) is 7.38. The molecule has 0 unspecified atom stereocenters. The lowest BCUT2D eigenvalue weighted by atomic mass is 10.1. The van der Waals surface area contributed by atoms with Gasteiger partial charge in [-0.25, -0.2) is 9.78 Å².